The first-order chi connectivity index (χ1) is 8.81. The molecule has 0 aliphatic rings. The van der Waals surface area contributed by atoms with Crippen LogP contribution in [-0.2, 0) is 0 Å². The van der Waals surface area contributed by atoms with Crippen molar-refractivity contribution in [3.63, 3.8) is 0 Å². The van der Waals surface area contributed by atoms with Gasteiger partial charge in [-0.25, -0.2) is 4.98 Å². The van der Waals surface area contributed by atoms with E-state index in [-0.39, 0.29) is 0 Å². The maximum absolute atomic E-state index is 5.45. The van der Waals surface area contributed by atoms with Crippen LogP contribution in [0.1, 0.15) is 19.0 Å². The molecule has 0 radical (unpaired) electrons. The lowest BCUT2D eigenvalue weighted by atomic mass is 10.1. The molecule has 3 aromatic rings. The van der Waals surface area contributed by atoms with Gasteiger partial charge in [0.1, 0.15) is 5.82 Å². The first kappa shape index (κ1) is 11.0. The molecule has 18 heavy (non-hydrogen) atoms. The topological polar surface area (TPSA) is 51.0 Å². The van der Waals surface area contributed by atoms with Crippen LogP contribution in [-0.4, -0.2) is 16.7 Å². The largest absolute Gasteiger partial charge is 0.369 e. The molecule has 0 atom stereocenters. The normalized spacial score (nSPS) is 11.2. The second-order valence-electron chi connectivity index (χ2n) is 4.38. The van der Waals surface area contributed by atoms with E-state index in [1.807, 2.05) is 31.2 Å². The van der Waals surface area contributed by atoms with Crippen molar-refractivity contribution in [2.75, 3.05) is 11.9 Å². The molecule has 0 aliphatic heterocycles. The minimum atomic E-state index is 0.816. The summed E-state index contributed by atoms with van der Waals surface area (Å²) in [5.41, 5.74) is 2.62. The van der Waals surface area contributed by atoms with Crippen LogP contribution in [0, 0.1) is 6.92 Å². The van der Waals surface area contributed by atoms with Crippen LogP contribution >= 0.6 is 0 Å². The molecule has 0 saturated heterocycles. The number of fused-ring (bicyclic) bond motifs is 3. The van der Waals surface area contributed by atoms with Crippen LogP contribution in [0.15, 0.2) is 28.8 Å². The van der Waals surface area contributed by atoms with Crippen molar-refractivity contribution < 1.29 is 4.52 Å². The first-order valence-electron chi connectivity index (χ1n) is 6.20. The van der Waals surface area contributed by atoms with Crippen LogP contribution in [0.3, 0.4) is 0 Å². The lowest BCUT2D eigenvalue weighted by Gasteiger charge is -2.07. The fourth-order valence-corrected chi connectivity index (χ4v) is 2.14. The molecule has 3 rings (SSSR count). The first-order valence-corrected chi connectivity index (χ1v) is 6.20. The molecular weight excluding hydrogens is 226 g/mol. The molecule has 0 unspecified atom stereocenters. The molecule has 92 valence electrons. The Morgan fingerprint density at radius 2 is 2.11 bits per heavy atom. The molecule has 2 heterocycles. The molecule has 0 aliphatic carbocycles. The zero-order valence-corrected chi connectivity index (χ0v) is 10.5. The highest BCUT2D eigenvalue weighted by molar-refractivity contribution is 6.07. The van der Waals surface area contributed by atoms with E-state index in [4.69, 9.17) is 4.52 Å². The molecule has 0 bridgehead atoms. The van der Waals surface area contributed by atoms with Gasteiger partial charge in [0.2, 0.25) is 0 Å². The van der Waals surface area contributed by atoms with Gasteiger partial charge in [0.25, 0.3) is 0 Å². The second kappa shape index (κ2) is 4.29. The summed E-state index contributed by atoms with van der Waals surface area (Å²) in [6, 6.07) is 7.97. The standard InChI is InChI=1S/C14H15N3O/c1-3-8-15-14-12-9(2)17-18-13(12)10-6-4-5-7-11(10)16-14/h4-7H,3,8H2,1-2H3,(H,15,16). The van der Waals surface area contributed by atoms with Gasteiger partial charge in [0.15, 0.2) is 5.58 Å². The summed E-state index contributed by atoms with van der Waals surface area (Å²) in [6.45, 7) is 4.97. The number of anilines is 1. The van der Waals surface area contributed by atoms with Crippen molar-refractivity contribution in [1.82, 2.24) is 10.1 Å². The van der Waals surface area contributed by atoms with Crippen molar-refractivity contribution in [3.05, 3.63) is 30.0 Å². The Morgan fingerprint density at radius 3 is 2.94 bits per heavy atom. The molecule has 1 N–H and O–H groups in total. The average Bonchev–Trinajstić information content (AvgIpc) is 2.79. The van der Waals surface area contributed by atoms with Crippen molar-refractivity contribution in [2.45, 2.75) is 20.3 Å². The Hall–Kier alpha value is -2.10. The molecule has 0 amide bonds. The smallest absolute Gasteiger partial charge is 0.180 e. The predicted molar refractivity (Wildman–Crippen MR) is 72.8 cm³/mol. The highest BCUT2D eigenvalue weighted by Crippen LogP contribution is 2.31. The second-order valence-corrected chi connectivity index (χ2v) is 4.38. The summed E-state index contributed by atoms with van der Waals surface area (Å²) in [5, 5.41) is 9.40. The minimum Gasteiger partial charge on any atom is -0.369 e. The van der Waals surface area contributed by atoms with Gasteiger partial charge in [0, 0.05) is 11.9 Å². The van der Waals surface area contributed by atoms with Crippen LogP contribution < -0.4 is 5.32 Å². The van der Waals surface area contributed by atoms with Gasteiger partial charge < -0.3 is 9.84 Å². The highest BCUT2D eigenvalue weighted by Gasteiger charge is 2.14. The Balaban J connectivity index is 2.33. The van der Waals surface area contributed by atoms with Crippen LogP contribution in [0.25, 0.3) is 21.9 Å². The van der Waals surface area contributed by atoms with Gasteiger partial charge in [0.05, 0.1) is 16.6 Å². The van der Waals surface area contributed by atoms with E-state index in [9.17, 15) is 0 Å². The van der Waals surface area contributed by atoms with Gasteiger partial charge in [-0.3, -0.25) is 0 Å². The summed E-state index contributed by atoms with van der Waals surface area (Å²) >= 11 is 0. The Morgan fingerprint density at radius 1 is 1.28 bits per heavy atom. The lowest BCUT2D eigenvalue weighted by molar-refractivity contribution is 0.452. The van der Waals surface area contributed by atoms with E-state index in [2.05, 4.69) is 22.4 Å². The molecule has 4 nitrogen and oxygen atoms in total. The van der Waals surface area contributed by atoms with Crippen molar-refractivity contribution in [2.24, 2.45) is 0 Å². The summed E-state index contributed by atoms with van der Waals surface area (Å²) < 4.78 is 5.45. The maximum Gasteiger partial charge on any atom is 0.180 e. The Bertz CT molecular complexity index is 703. The van der Waals surface area contributed by atoms with E-state index >= 15 is 0 Å². The number of pyridine rings is 1. The van der Waals surface area contributed by atoms with E-state index in [1.165, 1.54) is 0 Å². The Kier molecular flexibility index (Phi) is 2.63. The molecule has 0 spiro atoms. The third-order valence-electron chi connectivity index (χ3n) is 3.02. The molecule has 0 fully saturated rings. The number of hydrogen-bond acceptors (Lipinski definition) is 4. The summed E-state index contributed by atoms with van der Waals surface area (Å²) in [4.78, 5) is 4.66. The molecule has 1 aromatic carbocycles. The molecular formula is C14H15N3O. The van der Waals surface area contributed by atoms with E-state index in [1.54, 1.807) is 0 Å². The van der Waals surface area contributed by atoms with E-state index in [0.29, 0.717) is 0 Å². The fraction of sp³-hybridized carbons (Fsp3) is 0.286. The quantitative estimate of drug-likeness (QED) is 0.762. The Labute approximate surface area is 105 Å². The maximum atomic E-state index is 5.45. The van der Waals surface area contributed by atoms with E-state index < -0.39 is 0 Å². The number of hydrogen-bond donors (Lipinski definition) is 1. The van der Waals surface area contributed by atoms with Crippen LogP contribution in [0.5, 0.6) is 0 Å². The van der Waals surface area contributed by atoms with Crippen molar-refractivity contribution >= 4 is 27.7 Å². The zero-order valence-electron chi connectivity index (χ0n) is 10.5. The van der Waals surface area contributed by atoms with Crippen LogP contribution in [0.4, 0.5) is 5.82 Å². The van der Waals surface area contributed by atoms with Gasteiger partial charge >= 0.3 is 0 Å². The van der Waals surface area contributed by atoms with Crippen molar-refractivity contribution in [1.29, 1.82) is 0 Å². The number of nitrogens with one attached hydrogen (secondary N) is 1. The lowest BCUT2D eigenvalue weighted by Crippen LogP contribution is -2.02. The summed E-state index contributed by atoms with van der Waals surface area (Å²) in [6.07, 6.45) is 1.06. The zero-order chi connectivity index (χ0) is 12.5. The predicted octanol–water partition coefficient (Wildman–Crippen LogP) is 3.51. The fourth-order valence-electron chi connectivity index (χ4n) is 2.14. The number of aryl methyl sites for hydroxylation is 1. The molecule has 4 heteroatoms. The average molecular weight is 241 g/mol. The third-order valence-corrected chi connectivity index (χ3v) is 3.02. The molecule has 0 saturated carbocycles. The molecule has 2 aromatic heterocycles. The van der Waals surface area contributed by atoms with Gasteiger partial charge in [-0.2, -0.15) is 0 Å². The highest BCUT2D eigenvalue weighted by atomic mass is 16.5. The third kappa shape index (κ3) is 1.61. The number of benzene rings is 1. The van der Waals surface area contributed by atoms with E-state index in [0.717, 1.165) is 46.3 Å². The number of nitrogens with zero attached hydrogens (tertiary/aromatic N) is 2. The monoisotopic (exact) mass is 241 g/mol. The SMILES string of the molecule is CCCNc1nc2ccccc2c2onc(C)c12. The number of para-hydroxylation sites is 1. The van der Waals surface area contributed by atoms with Gasteiger partial charge in [-0.15, -0.1) is 0 Å². The van der Waals surface area contributed by atoms with Gasteiger partial charge in [-0.05, 0) is 25.5 Å². The number of rotatable bonds is 3. The number of aromatic nitrogens is 2. The summed E-state index contributed by atoms with van der Waals surface area (Å²) in [7, 11) is 0. The summed E-state index contributed by atoms with van der Waals surface area (Å²) in [5.74, 6) is 0.865. The van der Waals surface area contributed by atoms with Crippen LogP contribution in [0.2, 0.25) is 0 Å². The van der Waals surface area contributed by atoms with Crippen molar-refractivity contribution in [3.8, 4) is 0 Å². The minimum absolute atomic E-state index is 0.816. The van der Waals surface area contributed by atoms with Gasteiger partial charge in [-0.1, -0.05) is 24.2 Å².